The molecule has 2 nitrogen and oxygen atoms in total. The Labute approximate surface area is 102 Å². The molecule has 0 bridgehead atoms. The third-order valence-corrected chi connectivity index (χ3v) is 4.46. The molecule has 4 heteroatoms. The van der Waals surface area contributed by atoms with E-state index in [2.05, 4.69) is 12.1 Å². The number of hydrogen-bond donors (Lipinski definition) is 0. The molecule has 2 rings (SSSR count). The van der Waals surface area contributed by atoms with Gasteiger partial charge in [0.2, 0.25) is 0 Å². The van der Waals surface area contributed by atoms with Crippen molar-refractivity contribution in [3.05, 3.63) is 34.9 Å². The van der Waals surface area contributed by atoms with Gasteiger partial charge in [-0.15, -0.1) is 11.6 Å². The Morgan fingerprint density at radius 1 is 1.31 bits per heavy atom. The van der Waals surface area contributed by atoms with Crippen molar-refractivity contribution in [1.29, 1.82) is 0 Å². The predicted molar refractivity (Wildman–Crippen MR) is 66.8 cm³/mol. The van der Waals surface area contributed by atoms with E-state index >= 15 is 0 Å². The van der Waals surface area contributed by atoms with Gasteiger partial charge in [-0.1, -0.05) is 18.2 Å². The molecule has 0 fully saturated rings. The summed E-state index contributed by atoms with van der Waals surface area (Å²) < 4.78 is 22.3. The summed E-state index contributed by atoms with van der Waals surface area (Å²) in [6, 6.07) is 6.09. The van der Waals surface area contributed by atoms with Crippen molar-refractivity contribution in [1.82, 2.24) is 0 Å². The molecule has 0 saturated heterocycles. The van der Waals surface area contributed by atoms with E-state index in [1.807, 2.05) is 6.07 Å². The summed E-state index contributed by atoms with van der Waals surface area (Å²) >= 11 is 6.11. The van der Waals surface area contributed by atoms with Crippen molar-refractivity contribution in [2.75, 3.05) is 12.0 Å². The van der Waals surface area contributed by atoms with Crippen molar-refractivity contribution in [3.8, 4) is 0 Å². The number of fused-ring (bicyclic) bond motifs is 1. The van der Waals surface area contributed by atoms with E-state index in [9.17, 15) is 8.42 Å². The van der Waals surface area contributed by atoms with Gasteiger partial charge >= 0.3 is 0 Å². The minimum atomic E-state index is -3.02. The molecule has 0 N–H and O–H groups in total. The topological polar surface area (TPSA) is 34.1 Å². The Morgan fingerprint density at radius 3 is 2.69 bits per heavy atom. The van der Waals surface area contributed by atoms with E-state index in [4.69, 9.17) is 11.6 Å². The number of hydrogen-bond acceptors (Lipinski definition) is 2. The van der Waals surface area contributed by atoms with Crippen LogP contribution in [-0.2, 0) is 22.7 Å². The molecule has 0 aromatic heterocycles. The first-order chi connectivity index (χ1) is 7.46. The Kier molecular flexibility index (Phi) is 3.27. The van der Waals surface area contributed by atoms with Crippen LogP contribution in [-0.4, -0.2) is 20.4 Å². The highest BCUT2D eigenvalue weighted by atomic mass is 35.5. The third-order valence-electron chi connectivity index (χ3n) is 2.93. The summed E-state index contributed by atoms with van der Waals surface area (Å²) in [7, 11) is -3.02. The maximum absolute atomic E-state index is 11.2. The van der Waals surface area contributed by atoms with E-state index in [0.717, 1.165) is 18.4 Å². The van der Waals surface area contributed by atoms with Crippen molar-refractivity contribution in [3.63, 3.8) is 0 Å². The fraction of sp³-hybridized carbons (Fsp3) is 0.500. The summed E-state index contributed by atoms with van der Waals surface area (Å²) in [4.78, 5) is 0. The molecule has 88 valence electrons. The van der Waals surface area contributed by atoms with Crippen LogP contribution in [0.5, 0.6) is 0 Å². The van der Waals surface area contributed by atoms with Gasteiger partial charge in [-0.25, -0.2) is 8.42 Å². The molecule has 1 unspecified atom stereocenters. The zero-order valence-electron chi connectivity index (χ0n) is 9.24. The lowest BCUT2D eigenvalue weighted by Crippen LogP contribution is -2.09. The van der Waals surface area contributed by atoms with Crippen molar-refractivity contribution in [2.45, 2.75) is 24.6 Å². The average molecular weight is 259 g/mol. The smallest absolute Gasteiger partial charge is 0.149 e. The minimum Gasteiger partial charge on any atom is -0.229 e. The number of sulfone groups is 1. The number of benzene rings is 1. The van der Waals surface area contributed by atoms with Gasteiger partial charge in [0, 0.05) is 6.26 Å². The van der Waals surface area contributed by atoms with Crippen molar-refractivity contribution >= 4 is 21.4 Å². The molecule has 0 aliphatic heterocycles. The van der Waals surface area contributed by atoms with Gasteiger partial charge in [-0.3, -0.25) is 0 Å². The summed E-state index contributed by atoms with van der Waals surface area (Å²) in [6.45, 7) is 0. The van der Waals surface area contributed by atoms with E-state index in [-0.39, 0.29) is 5.75 Å². The van der Waals surface area contributed by atoms with Crippen LogP contribution in [0.2, 0.25) is 0 Å². The largest absolute Gasteiger partial charge is 0.229 e. The maximum atomic E-state index is 11.2. The Morgan fingerprint density at radius 2 is 2.00 bits per heavy atom. The van der Waals surface area contributed by atoms with Crippen molar-refractivity contribution in [2.24, 2.45) is 0 Å². The second kappa shape index (κ2) is 4.38. The second-order valence-electron chi connectivity index (χ2n) is 4.44. The zero-order valence-corrected chi connectivity index (χ0v) is 10.8. The summed E-state index contributed by atoms with van der Waals surface area (Å²) in [5.74, 6) is 0.00728. The van der Waals surface area contributed by atoms with Gasteiger partial charge in [0.25, 0.3) is 0 Å². The second-order valence-corrected chi connectivity index (χ2v) is 7.15. The van der Waals surface area contributed by atoms with Gasteiger partial charge < -0.3 is 0 Å². The van der Waals surface area contributed by atoms with Crippen LogP contribution in [0.3, 0.4) is 0 Å². The van der Waals surface area contributed by atoms with E-state index < -0.39 is 15.2 Å². The first-order valence-electron chi connectivity index (χ1n) is 5.39. The maximum Gasteiger partial charge on any atom is 0.149 e. The van der Waals surface area contributed by atoms with Crippen LogP contribution in [0.25, 0.3) is 0 Å². The zero-order chi connectivity index (χ0) is 11.8. The molecule has 0 saturated carbocycles. The Balaban J connectivity index is 2.21. The van der Waals surface area contributed by atoms with Gasteiger partial charge in [0.05, 0.1) is 11.1 Å². The summed E-state index contributed by atoms with van der Waals surface area (Å²) in [5, 5.41) is -0.430. The molecule has 0 radical (unpaired) electrons. The van der Waals surface area contributed by atoms with Crippen molar-refractivity contribution < 1.29 is 8.42 Å². The molecule has 0 amide bonds. The molecule has 0 heterocycles. The van der Waals surface area contributed by atoms with Crippen LogP contribution in [0.4, 0.5) is 0 Å². The van der Waals surface area contributed by atoms with E-state index in [0.29, 0.717) is 0 Å². The fourth-order valence-corrected chi connectivity index (χ4v) is 3.69. The highest BCUT2D eigenvalue weighted by molar-refractivity contribution is 7.90. The summed E-state index contributed by atoms with van der Waals surface area (Å²) in [5.41, 5.74) is 3.64. The fourth-order valence-electron chi connectivity index (χ4n) is 2.15. The monoisotopic (exact) mass is 258 g/mol. The van der Waals surface area contributed by atoms with Crippen LogP contribution < -0.4 is 0 Å². The lowest BCUT2D eigenvalue weighted by atomic mass is 10.0. The molecule has 1 atom stereocenters. The lowest BCUT2D eigenvalue weighted by molar-refractivity contribution is 0.600. The molecule has 1 aromatic carbocycles. The normalized spacial score (nSPS) is 17.1. The molecule has 16 heavy (non-hydrogen) atoms. The Bertz CT molecular complexity index is 494. The van der Waals surface area contributed by atoms with Crippen LogP contribution in [0, 0.1) is 0 Å². The molecule has 0 spiro atoms. The third kappa shape index (κ3) is 2.77. The first-order valence-corrected chi connectivity index (χ1v) is 7.89. The van der Waals surface area contributed by atoms with E-state index in [1.165, 1.54) is 23.8 Å². The van der Waals surface area contributed by atoms with Crippen LogP contribution in [0.15, 0.2) is 18.2 Å². The average Bonchev–Trinajstić information content (AvgIpc) is 2.61. The molecule has 1 aliphatic rings. The number of alkyl halides is 1. The number of rotatable bonds is 3. The van der Waals surface area contributed by atoms with Gasteiger partial charge in [-0.05, 0) is 36.0 Å². The van der Waals surface area contributed by atoms with Crippen LogP contribution >= 0.6 is 11.6 Å². The van der Waals surface area contributed by atoms with Gasteiger partial charge in [-0.2, -0.15) is 0 Å². The standard InChI is InChI=1S/C12H15ClO2S/c1-16(14,15)8-12(13)11-6-5-9-3-2-4-10(9)7-11/h5-7,12H,2-4,8H2,1H3. The lowest BCUT2D eigenvalue weighted by Gasteiger charge is -2.10. The molecule has 1 aliphatic carbocycles. The van der Waals surface area contributed by atoms with E-state index in [1.54, 1.807) is 0 Å². The minimum absolute atomic E-state index is 0.00728. The predicted octanol–water partition coefficient (Wildman–Crippen LogP) is 2.50. The van der Waals surface area contributed by atoms with Gasteiger partial charge in [0.15, 0.2) is 0 Å². The molecule has 1 aromatic rings. The quantitative estimate of drug-likeness (QED) is 0.781. The van der Waals surface area contributed by atoms with Gasteiger partial charge in [0.1, 0.15) is 9.84 Å². The highest BCUT2D eigenvalue weighted by Gasteiger charge is 2.17. The highest BCUT2D eigenvalue weighted by Crippen LogP contribution is 2.28. The Hall–Kier alpha value is -0.540. The summed E-state index contributed by atoms with van der Waals surface area (Å²) in [6.07, 6.45) is 4.63. The molecular weight excluding hydrogens is 244 g/mol. The van der Waals surface area contributed by atoms with Crippen LogP contribution in [0.1, 0.15) is 28.5 Å². The SMILES string of the molecule is CS(=O)(=O)CC(Cl)c1ccc2c(c1)CCC2. The molecular formula is C12H15ClO2S. The number of halogens is 1. The number of aryl methyl sites for hydroxylation is 2. The first kappa shape index (κ1) is 11.9.